The molecule has 1 heterocycles. The summed E-state index contributed by atoms with van der Waals surface area (Å²) in [5, 5.41) is 3.96. The fourth-order valence-electron chi connectivity index (χ4n) is 2.04. The normalized spacial score (nSPS) is 17.6. The van der Waals surface area contributed by atoms with Crippen LogP contribution in [0, 0.1) is 5.82 Å². The molecule has 1 unspecified atom stereocenters. The number of halogens is 2. The third kappa shape index (κ3) is 2.14. The molecule has 0 saturated carbocycles. The summed E-state index contributed by atoms with van der Waals surface area (Å²) in [4.78, 5) is 0. The molecule has 2 aromatic rings. The van der Waals surface area contributed by atoms with Gasteiger partial charge in [0.2, 0.25) is 0 Å². The van der Waals surface area contributed by atoms with E-state index in [0.717, 1.165) is 17.0 Å². The van der Waals surface area contributed by atoms with Crippen LogP contribution in [0.1, 0.15) is 11.6 Å². The molecule has 1 aliphatic heterocycles. The third-order valence-corrected chi connectivity index (χ3v) is 3.17. The molecule has 0 bridgehead atoms. The highest BCUT2D eigenvalue weighted by Gasteiger charge is 2.20. The minimum Gasteiger partial charge on any atom is -0.489 e. The predicted octanol–water partition coefficient (Wildman–Crippen LogP) is 4.02. The van der Waals surface area contributed by atoms with E-state index in [1.165, 1.54) is 12.1 Å². The van der Waals surface area contributed by atoms with Crippen molar-refractivity contribution in [2.45, 2.75) is 6.04 Å². The molecule has 2 aromatic carbocycles. The zero-order chi connectivity index (χ0) is 12.5. The van der Waals surface area contributed by atoms with E-state index in [-0.39, 0.29) is 11.9 Å². The fourth-order valence-corrected chi connectivity index (χ4v) is 2.20. The van der Waals surface area contributed by atoms with Crippen molar-refractivity contribution in [3.63, 3.8) is 0 Å². The molecule has 3 rings (SSSR count). The molecule has 0 aromatic heterocycles. The molecular weight excluding hydrogens is 253 g/mol. The molecule has 4 heteroatoms. The zero-order valence-electron chi connectivity index (χ0n) is 9.49. The highest BCUT2D eigenvalue weighted by Crippen LogP contribution is 2.35. The number of hydrogen-bond donors (Lipinski definition) is 1. The zero-order valence-corrected chi connectivity index (χ0v) is 10.2. The first kappa shape index (κ1) is 11.4. The van der Waals surface area contributed by atoms with Crippen molar-refractivity contribution in [3.05, 3.63) is 58.9 Å². The fraction of sp³-hybridized carbons (Fsp3) is 0.143. The number of hydrogen-bond acceptors (Lipinski definition) is 2. The number of benzene rings is 2. The van der Waals surface area contributed by atoms with Crippen molar-refractivity contribution >= 4 is 17.3 Å². The molecule has 0 spiro atoms. The van der Waals surface area contributed by atoms with Gasteiger partial charge in [-0.15, -0.1) is 0 Å². The van der Waals surface area contributed by atoms with Crippen molar-refractivity contribution in [1.29, 1.82) is 0 Å². The predicted molar refractivity (Wildman–Crippen MR) is 69.7 cm³/mol. The van der Waals surface area contributed by atoms with Crippen LogP contribution in [0.5, 0.6) is 5.75 Å². The Morgan fingerprint density at radius 3 is 2.94 bits per heavy atom. The van der Waals surface area contributed by atoms with Crippen molar-refractivity contribution in [2.75, 3.05) is 11.9 Å². The summed E-state index contributed by atoms with van der Waals surface area (Å²) < 4.78 is 18.8. The van der Waals surface area contributed by atoms with Gasteiger partial charge in [-0.2, -0.15) is 0 Å². The Kier molecular flexibility index (Phi) is 2.84. The maximum atomic E-state index is 13.2. The molecule has 0 radical (unpaired) electrons. The van der Waals surface area contributed by atoms with Gasteiger partial charge in [0.25, 0.3) is 0 Å². The summed E-state index contributed by atoms with van der Waals surface area (Å²) in [6.45, 7) is 0.455. The smallest absolute Gasteiger partial charge is 0.144 e. The maximum absolute atomic E-state index is 13.2. The van der Waals surface area contributed by atoms with Gasteiger partial charge >= 0.3 is 0 Å². The summed E-state index contributed by atoms with van der Waals surface area (Å²) in [6.07, 6.45) is 0. The van der Waals surface area contributed by atoms with E-state index in [1.807, 2.05) is 12.1 Å². The SMILES string of the molecule is Fc1cccc(C2COc3cc(Cl)ccc3N2)c1. The van der Waals surface area contributed by atoms with E-state index < -0.39 is 0 Å². The van der Waals surface area contributed by atoms with Gasteiger partial charge in [-0.3, -0.25) is 0 Å². The Balaban J connectivity index is 1.89. The van der Waals surface area contributed by atoms with Crippen LogP contribution < -0.4 is 10.1 Å². The van der Waals surface area contributed by atoms with Gasteiger partial charge in [0.15, 0.2) is 0 Å². The number of ether oxygens (including phenoxy) is 1. The molecule has 0 aliphatic carbocycles. The topological polar surface area (TPSA) is 21.3 Å². The number of nitrogens with one attached hydrogen (secondary N) is 1. The summed E-state index contributed by atoms with van der Waals surface area (Å²) in [6, 6.07) is 11.9. The van der Waals surface area contributed by atoms with Crippen molar-refractivity contribution < 1.29 is 9.13 Å². The molecule has 1 aliphatic rings. The summed E-state index contributed by atoms with van der Waals surface area (Å²) in [7, 11) is 0. The lowest BCUT2D eigenvalue weighted by atomic mass is 10.1. The minimum atomic E-state index is -0.240. The Morgan fingerprint density at radius 2 is 2.11 bits per heavy atom. The summed E-state index contributed by atoms with van der Waals surface area (Å²) >= 11 is 5.89. The second-order valence-corrected chi connectivity index (χ2v) is 4.64. The van der Waals surface area contributed by atoms with Gasteiger partial charge in [-0.25, -0.2) is 4.39 Å². The molecule has 2 nitrogen and oxygen atoms in total. The van der Waals surface area contributed by atoms with Crippen LogP contribution in [0.2, 0.25) is 5.02 Å². The van der Waals surface area contributed by atoms with Gasteiger partial charge in [-0.05, 0) is 29.8 Å². The number of rotatable bonds is 1. The van der Waals surface area contributed by atoms with Crippen LogP contribution in [-0.4, -0.2) is 6.61 Å². The van der Waals surface area contributed by atoms with Crippen LogP contribution >= 0.6 is 11.6 Å². The van der Waals surface area contributed by atoms with E-state index >= 15 is 0 Å². The summed E-state index contributed by atoms with van der Waals surface area (Å²) in [5.41, 5.74) is 1.75. The molecular formula is C14H11ClFNO. The lowest BCUT2D eigenvalue weighted by Gasteiger charge is -2.27. The van der Waals surface area contributed by atoms with Crippen molar-refractivity contribution in [1.82, 2.24) is 0 Å². The maximum Gasteiger partial charge on any atom is 0.144 e. The van der Waals surface area contributed by atoms with Crippen LogP contribution in [0.3, 0.4) is 0 Å². The molecule has 0 saturated heterocycles. The van der Waals surface area contributed by atoms with E-state index in [2.05, 4.69) is 5.32 Å². The van der Waals surface area contributed by atoms with Gasteiger partial charge in [0.1, 0.15) is 18.2 Å². The van der Waals surface area contributed by atoms with Crippen LogP contribution in [-0.2, 0) is 0 Å². The Bertz CT molecular complexity index is 588. The average Bonchev–Trinajstić information content (AvgIpc) is 2.38. The first-order chi connectivity index (χ1) is 8.72. The van der Waals surface area contributed by atoms with Gasteiger partial charge in [-0.1, -0.05) is 23.7 Å². The number of fused-ring (bicyclic) bond motifs is 1. The van der Waals surface area contributed by atoms with E-state index in [0.29, 0.717) is 11.6 Å². The third-order valence-electron chi connectivity index (χ3n) is 2.93. The summed E-state index contributed by atoms with van der Waals surface area (Å²) in [5.74, 6) is 0.492. The number of anilines is 1. The van der Waals surface area contributed by atoms with Crippen LogP contribution in [0.25, 0.3) is 0 Å². The molecule has 1 N–H and O–H groups in total. The Morgan fingerprint density at radius 1 is 1.22 bits per heavy atom. The molecule has 0 amide bonds. The highest BCUT2D eigenvalue weighted by atomic mass is 35.5. The van der Waals surface area contributed by atoms with Crippen molar-refractivity contribution in [3.8, 4) is 5.75 Å². The lowest BCUT2D eigenvalue weighted by molar-refractivity contribution is 0.286. The quantitative estimate of drug-likeness (QED) is 0.839. The minimum absolute atomic E-state index is 0.0469. The van der Waals surface area contributed by atoms with Crippen molar-refractivity contribution in [2.24, 2.45) is 0 Å². The van der Waals surface area contributed by atoms with Gasteiger partial charge < -0.3 is 10.1 Å². The second-order valence-electron chi connectivity index (χ2n) is 4.20. The Labute approximate surface area is 109 Å². The van der Waals surface area contributed by atoms with Gasteiger partial charge in [0.05, 0.1) is 11.7 Å². The van der Waals surface area contributed by atoms with Crippen LogP contribution in [0.15, 0.2) is 42.5 Å². The monoisotopic (exact) mass is 263 g/mol. The second kappa shape index (κ2) is 4.50. The molecule has 1 atom stereocenters. The standard InChI is InChI=1S/C14H11ClFNO/c15-10-4-5-12-14(7-10)18-8-13(17-12)9-2-1-3-11(16)6-9/h1-7,13,17H,8H2. The lowest BCUT2D eigenvalue weighted by Crippen LogP contribution is -2.23. The van der Waals surface area contributed by atoms with Gasteiger partial charge in [0, 0.05) is 11.1 Å². The van der Waals surface area contributed by atoms with E-state index in [4.69, 9.17) is 16.3 Å². The molecule has 18 heavy (non-hydrogen) atoms. The highest BCUT2D eigenvalue weighted by molar-refractivity contribution is 6.30. The first-order valence-electron chi connectivity index (χ1n) is 5.67. The van der Waals surface area contributed by atoms with E-state index in [1.54, 1.807) is 18.2 Å². The first-order valence-corrected chi connectivity index (χ1v) is 6.04. The molecule has 0 fully saturated rings. The van der Waals surface area contributed by atoms with Crippen LogP contribution in [0.4, 0.5) is 10.1 Å². The Hall–Kier alpha value is -1.74. The average molecular weight is 264 g/mol. The van der Waals surface area contributed by atoms with E-state index in [9.17, 15) is 4.39 Å². The largest absolute Gasteiger partial charge is 0.489 e. The molecule has 92 valence electrons.